The van der Waals surface area contributed by atoms with E-state index in [2.05, 4.69) is 9.59 Å². The zero-order valence-electron chi connectivity index (χ0n) is 7.38. The van der Waals surface area contributed by atoms with Crippen LogP contribution in [0.1, 0.15) is 0 Å². The summed E-state index contributed by atoms with van der Waals surface area (Å²) in [5.74, 6) is 0. The summed E-state index contributed by atoms with van der Waals surface area (Å²) < 4.78 is 4.20. The highest BCUT2D eigenvalue weighted by Gasteiger charge is 2.10. The third-order valence-corrected chi connectivity index (χ3v) is 4.15. The molecule has 2 N–H and O–H groups in total. The Morgan fingerprint density at radius 2 is 1.80 bits per heavy atom. The number of aromatic amines is 2. The van der Waals surface area contributed by atoms with Crippen LogP contribution in [-0.4, -0.2) is 13.9 Å². The molecule has 1 unspecified atom stereocenters. The van der Waals surface area contributed by atoms with Gasteiger partial charge in [0.2, 0.25) is 10.3 Å². The molecule has 0 amide bonds. The lowest BCUT2D eigenvalue weighted by Gasteiger charge is -1.97. The molecule has 1 aromatic heterocycles. The first-order valence-electron chi connectivity index (χ1n) is 4.00. The summed E-state index contributed by atoms with van der Waals surface area (Å²) in [4.78, 5) is 1.06. The minimum Gasteiger partial charge on any atom is -0.250 e. The number of benzene rings is 1. The molecule has 0 aliphatic heterocycles. The van der Waals surface area contributed by atoms with E-state index < -0.39 is 0 Å². The maximum absolute atomic E-state index is 5.85. The molecule has 0 bridgehead atoms. The number of hydrogen-bond acceptors (Lipinski definition) is 0. The highest BCUT2D eigenvalue weighted by molar-refractivity contribution is 7.33. The Morgan fingerprint density at radius 3 is 2.40 bits per heavy atom. The maximum atomic E-state index is 5.85. The smallest absolute Gasteiger partial charge is 0.204 e. The van der Waals surface area contributed by atoms with Crippen molar-refractivity contribution < 1.29 is 0 Å². The fourth-order valence-electron chi connectivity index (χ4n) is 1.06. The normalized spacial score (nSPS) is 11.5. The molecule has 1 aromatic carbocycles. The molecule has 2 rings (SSSR count). The van der Waals surface area contributed by atoms with Crippen LogP contribution in [0.25, 0.3) is 4.90 Å². The summed E-state index contributed by atoms with van der Waals surface area (Å²) >= 11 is 17.4. The third-order valence-electron chi connectivity index (χ3n) is 1.67. The summed E-state index contributed by atoms with van der Waals surface area (Å²) in [5.41, 5.74) is 0. The van der Waals surface area contributed by atoms with Gasteiger partial charge < -0.3 is 0 Å². The summed E-state index contributed by atoms with van der Waals surface area (Å²) in [7, 11) is -0.348. The first kappa shape index (κ1) is 11.0. The van der Waals surface area contributed by atoms with E-state index in [0.717, 1.165) is 4.90 Å². The Morgan fingerprint density at radius 1 is 1.13 bits per heavy atom. The molecular weight excluding hydrogens is 277 g/mol. The second-order valence-electron chi connectivity index (χ2n) is 2.74. The number of nitrogens with one attached hydrogen (secondary N) is 2. The molecule has 0 fully saturated rings. The average Bonchev–Trinajstić information content (AvgIpc) is 2.17. The minimum atomic E-state index is -0.348. The minimum absolute atomic E-state index is 0.348. The highest BCUT2D eigenvalue weighted by atomic mass is 35.5. The van der Waals surface area contributed by atoms with Crippen LogP contribution < -0.4 is 0 Å². The van der Waals surface area contributed by atoms with Gasteiger partial charge in [-0.2, -0.15) is 0 Å². The number of aromatic nitrogens is 3. The van der Waals surface area contributed by atoms with Gasteiger partial charge in [-0.15, -0.1) is 0 Å². The molecule has 2 aromatic rings. The Hall–Kier alpha value is -0.550. The van der Waals surface area contributed by atoms with Gasteiger partial charge in [0.15, 0.2) is 5.15 Å². The molecule has 0 saturated carbocycles. The molecule has 1 heterocycles. The van der Waals surface area contributed by atoms with E-state index in [-0.39, 0.29) is 10.7 Å². The molecule has 7 heteroatoms. The van der Waals surface area contributed by atoms with Crippen LogP contribution in [0.3, 0.4) is 0 Å². The first-order valence-corrected chi connectivity index (χ1v) is 6.38. The number of rotatable bonds is 1. The first-order chi connectivity index (χ1) is 7.15. The number of nitrogens with zero attached hydrogens (tertiary/aromatic N) is 1. The molecule has 0 radical (unpaired) electrons. The monoisotopic (exact) mass is 282 g/mol. The van der Waals surface area contributed by atoms with Crippen LogP contribution in [0.4, 0.5) is 0 Å². The summed E-state index contributed by atoms with van der Waals surface area (Å²) in [6.07, 6.45) is 0. The Labute approximate surface area is 104 Å². The van der Waals surface area contributed by atoms with Gasteiger partial charge in [0, 0.05) is 17.2 Å². The van der Waals surface area contributed by atoms with E-state index in [0.29, 0.717) is 10.2 Å². The molecule has 1 atom stereocenters. The highest BCUT2D eigenvalue weighted by Crippen LogP contribution is 2.29. The van der Waals surface area contributed by atoms with E-state index in [1.165, 1.54) is 4.32 Å². The SMILES string of the molecule is Clc1ccc(-[s+]2cc(Cl)[nH]n(Cl)[nH]2)cc1. The van der Waals surface area contributed by atoms with Gasteiger partial charge in [0.1, 0.15) is 10.7 Å². The van der Waals surface area contributed by atoms with Crippen molar-refractivity contribution in [1.29, 1.82) is 0 Å². The molecular formula is C8H7Cl3N3S+. The lowest BCUT2D eigenvalue weighted by atomic mass is 10.4. The number of hydrogen-bond donors (Lipinski definition) is 2. The molecule has 0 saturated heterocycles. The standard InChI is InChI=1S/C8H7Cl3N3S/c9-6-1-3-7(4-2-6)15-5-8(10)12-14(11)13-15/h1-5,12-13H/q+1. The fraction of sp³-hybridized carbons (Fsp3) is 0. The van der Waals surface area contributed by atoms with Crippen LogP contribution in [0.5, 0.6) is 0 Å². The molecule has 15 heavy (non-hydrogen) atoms. The van der Waals surface area contributed by atoms with Crippen LogP contribution in [0, 0.1) is 0 Å². The molecule has 3 nitrogen and oxygen atoms in total. The predicted octanol–water partition coefficient (Wildman–Crippen LogP) is 4.32. The van der Waals surface area contributed by atoms with Gasteiger partial charge in [-0.05, 0) is 12.1 Å². The van der Waals surface area contributed by atoms with Crippen molar-refractivity contribution in [2.75, 3.05) is 0 Å². The lowest BCUT2D eigenvalue weighted by molar-refractivity contribution is 0.832. The number of halogens is 3. The molecule has 0 aliphatic carbocycles. The van der Waals surface area contributed by atoms with Crippen molar-refractivity contribution in [2.45, 2.75) is 0 Å². The van der Waals surface area contributed by atoms with Crippen molar-refractivity contribution in [3.8, 4) is 4.90 Å². The Balaban J connectivity index is 2.49. The van der Waals surface area contributed by atoms with Crippen molar-refractivity contribution >= 4 is 45.6 Å². The van der Waals surface area contributed by atoms with Gasteiger partial charge in [-0.25, -0.2) is 0 Å². The number of H-pyrrole nitrogens is 2. The van der Waals surface area contributed by atoms with E-state index in [4.69, 9.17) is 35.0 Å². The van der Waals surface area contributed by atoms with Gasteiger partial charge in [0.25, 0.3) is 0 Å². The van der Waals surface area contributed by atoms with Gasteiger partial charge >= 0.3 is 0 Å². The van der Waals surface area contributed by atoms with E-state index in [9.17, 15) is 0 Å². The molecule has 80 valence electrons. The molecule has 0 aliphatic rings. The summed E-state index contributed by atoms with van der Waals surface area (Å²) in [5, 5.41) is 5.73. The van der Waals surface area contributed by atoms with Gasteiger partial charge in [0.05, 0.1) is 11.8 Å². The topological polar surface area (TPSA) is 36.5 Å². The third kappa shape index (κ3) is 2.72. The summed E-state index contributed by atoms with van der Waals surface area (Å²) in [6.45, 7) is 0. The van der Waals surface area contributed by atoms with Crippen molar-refractivity contribution in [3.63, 3.8) is 0 Å². The largest absolute Gasteiger partial charge is 0.250 e. The van der Waals surface area contributed by atoms with E-state index in [1.54, 1.807) is 0 Å². The fourth-order valence-corrected chi connectivity index (χ4v) is 3.10. The van der Waals surface area contributed by atoms with Crippen LogP contribution in [0.2, 0.25) is 10.2 Å². The zero-order chi connectivity index (χ0) is 10.8. The second kappa shape index (κ2) is 4.53. The zero-order valence-corrected chi connectivity index (χ0v) is 10.5. The Kier molecular flexibility index (Phi) is 3.31. The average molecular weight is 284 g/mol. The van der Waals surface area contributed by atoms with Gasteiger partial charge in [-0.1, -0.05) is 32.0 Å². The lowest BCUT2D eigenvalue weighted by Crippen LogP contribution is -1.95. The van der Waals surface area contributed by atoms with Gasteiger partial charge in [-0.3, -0.25) is 5.10 Å². The van der Waals surface area contributed by atoms with E-state index >= 15 is 0 Å². The van der Waals surface area contributed by atoms with E-state index in [1.807, 2.05) is 29.6 Å². The van der Waals surface area contributed by atoms with Crippen LogP contribution in [-0.2, 0) is 0 Å². The van der Waals surface area contributed by atoms with Crippen LogP contribution in [0.15, 0.2) is 29.6 Å². The predicted molar refractivity (Wildman–Crippen MR) is 65.8 cm³/mol. The maximum Gasteiger partial charge on any atom is 0.204 e. The molecule has 0 spiro atoms. The second-order valence-corrected chi connectivity index (χ2v) is 5.49. The van der Waals surface area contributed by atoms with Crippen molar-refractivity contribution in [3.05, 3.63) is 39.8 Å². The Bertz CT molecular complexity index is 469. The van der Waals surface area contributed by atoms with Crippen molar-refractivity contribution in [1.82, 2.24) is 13.9 Å². The quantitative estimate of drug-likeness (QED) is 0.732. The van der Waals surface area contributed by atoms with Crippen LogP contribution >= 0.6 is 45.6 Å². The van der Waals surface area contributed by atoms with Crippen molar-refractivity contribution in [2.24, 2.45) is 0 Å². The summed E-state index contributed by atoms with van der Waals surface area (Å²) in [6, 6.07) is 7.51.